The summed E-state index contributed by atoms with van der Waals surface area (Å²) in [5.41, 5.74) is 0. The van der Waals surface area contributed by atoms with E-state index < -0.39 is 0 Å². The maximum Gasteiger partial charge on any atom is 0.221 e. The molecule has 2 fully saturated rings. The molecule has 1 aliphatic carbocycles. The van der Waals surface area contributed by atoms with E-state index in [1.807, 2.05) is 6.92 Å². The van der Waals surface area contributed by atoms with Crippen LogP contribution < -0.4 is 5.32 Å². The van der Waals surface area contributed by atoms with Crippen LogP contribution in [0.15, 0.2) is 0 Å². The van der Waals surface area contributed by atoms with Crippen molar-refractivity contribution in [2.24, 2.45) is 5.92 Å². The third-order valence-corrected chi connectivity index (χ3v) is 4.62. The molecule has 2 rings (SSSR count). The molecule has 0 aromatic heterocycles. The second kappa shape index (κ2) is 7.25. The van der Waals surface area contributed by atoms with Crippen molar-refractivity contribution in [2.45, 2.75) is 64.0 Å². The molecule has 2 atom stereocenters. The predicted molar refractivity (Wildman–Crippen MR) is 75.9 cm³/mol. The monoisotopic (exact) mass is 268 g/mol. The second-order valence-electron chi connectivity index (χ2n) is 6.24. The number of carbonyl (C=O) groups excluding carboxylic acids is 1. The van der Waals surface area contributed by atoms with E-state index in [0.717, 1.165) is 38.9 Å². The van der Waals surface area contributed by atoms with Crippen LogP contribution in [-0.4, -0.2) is 47.7 Å². The molecule has 2 unspecified atom stereocenters. The predicted octanol–water partition coefficient (Wildman–Crippen LogP) is 1.53. The van der Waals surface area contributed by atoms with Crippen molar-refractivity contribution in [3.05, 3.63) is 0 Å². The number of rotatable bonds is 5. The van der Waals surface area contributed by atoms with Gasteiger partial charge >= 0.3 is 0 Å². The van der Waals surface area contributed by atoms with Crippen molar-refractivity contribution in [1.29, 1.82) is 0 Å². The minimum absolute atomic E-state index is 0.201. The van der Waals surface area contributed by atoms with Crippen molar-refractivity contribution < 1.29 is 9.90 Å². The number of hydrogen-bond donors (Lipinski definition) is 2. The van der Waals surface area contributed by atoms with Crippen molar-refractivity contribution in [1.82, 2.24) is 10.2 Å². The Hall–Kier alpha value is -0.610. The fourth-order valence-electron chi connectivity index (χ4n) is 3.27. The van der Waals surface area contributed by atoms with Crippen LogP contribution in [0.3, 0.4) is 0 Å². The Morgan fingerprint density at radius 2 is 2.05 bits per heavy atom. The average Bonchev–Trinajstić information content (AvgIpc) is 2.86. The third kappa shape index (κ3) is 4.77. The van der Waals surface area contributed by atoms with Gasteiger partial charge in [0.2, 0.25) is 5.91 Å². The van der Waals surface area contributed by atoms with Crippen molar-refractivity contribution in [2.75, 3.05) is 19.6 Å². The zero-order valence-electron chi connectivity index (χ0n) is 12.1. The Balaban J connectivity index is 1.61. The van der Waals surface area contributed by atoms with Crippen LogP contribution in [0.5, 0.6) is 0 Å². The van der Waals surface area contributed by atoms with Crippen molar-refractivity contribution >= 4 is 5.91 Å². The molecule has 1 aliphatic heterocycles. The topological polar surface area (TPSA) is 52.6 Å². The van der Waals surface area contributed by atoms with Gasteiger partial charge in [0, 0.05) is 25.6 Å². The molecule has 1 saturated carbocycles. The Kier molecular flexibility index (Phi) is 5.64. The van der Waals surface area contributed by atoms with Gasteiger partial charge in [-0.2, -0.15) is 0 Å². The number of hydrogen-bond acceptors (Lipinski definition) is 3. The van der Waals surface area contributed by atoms with E-state index in [1.165, 1.54) is 19.3 Å². The highest BCUT2D eigenvalue weighted by Crippen LogP contribution is 2.20. The van der Waals surface area contributed by atoms with E-state index in [4.69, 9.17) is 0 Å². The van der Waals surface area contributed by atoms with Gasteiger partial charge in [-0.05, 0) is 38.6 Å². The van der Waals surface area contributed by atoms with Gasteiger partial charge in [-0.25, -0.2) is 0 Å². The molecule has 4 heteroatoms. The molecule has 0 spiro atoms. The number of amides is 1. The largest absolute Gasteiger partial charge is 0.393 e. The van der Waals surface area contributed by atoms with Gasteiger partial charge in [-0.15, -0.1) is 0 Å². The first-order valence-electron chi connectivity index (χ1n) is 7.85. The number of likely N-dealkylation sites (tertiary alicyclic amines) is 1. The molecule has 0 aromatic carbocycles. The first kappa shape index (κ1) is 14.8. The molecule has 110 valence electrons. The number of nitrogens with zero attached hydrogens (tertiary/aromatic N) is 1. The lowest BCUT2D eigenvalue weighted by Crippen LogP contribution is -2.38. The van der Waals surface area contributed by atoms with E-state index >= 15 is 0 Å². The summed E-state index contributed by atoms with van der Waals surface area (Å²) in [6, 6.07) is 0.421. The first-order valence-corrected chi connectivity index (χ1v) is 7.85. The zero-order chi connectivity index (χ0) is 13.7. The van der Waals surface area contributed by atoms with Crippen LogP contribution in [0.2, 0.25) is 0 Å². The number of carbonyl (C=O) groups is 1. The molecule has 0 aromatic rings. The van der Waals surface area contributed by atoms with E-state index in [-0.39, 0.29) is 12.0 Å². The van der Waals surface area contributed by atoms with Gasteiger partial charge in [0.1, 0.15) is 0 Å². The summed E-state index contributed by atoms with van der Waals surface area (Å²) in [6.07, 6.45) is 7.58. The van der Waals surface area contributed by atoms with Gasteiger partial charge in [-0.1, -0.05) is 19.3 Å². The average molecular weight is 268 g/mol. The fourth-order valence-corrected chi connectivity index (χ4v) is 3.27. The standard InChI is InChI=1S/C15H28N2O2/c1-12(18)13-7-9-17(11-13)10-8-15(19)16-14-5-3-2-4-6-14/h12-14,18H,2-11H2,1H3,(H,16,19). The summed E-state index contributed by atoms with van der Waals surface area (Å²) in [6.45, 7) is 4.66. The Labute approximate surface area is 116 Å². The van der Waals surface area contributed by atoms with E-state index in [2.05, 4.69) is 10.2 Å². The number of nitrogens with one attached hydrogen (secondary N) is 1. The first-order chi connectivity index (χ1) is 9.15. The minimum Gasteiger partial charge on any atom is -0.393 e. The highest BCUT2D eigenvalue weighted by Gasteiger charge is 2.26. The van der Waals surface area contributed by atoms with E-state index in [9.17, 15) is 9.90 Å². The molecule has 4 nitrogen and oxygen atoms in total. The fraction of sp³-hybridized carbons (Fsp3) is 0.933. The summed E-state index contributed by atoms with van der Waals surface area (Å²) in [5.74, 6) is 0.591. The molecule has 0 radical (unpaired) electrons. The maximum atomic E-state index is 11.9. The van der Waals surface area contributed by atoms with Crippen LogP contribution in [0.25, 0.3) is 0 Å². The SMILES string of the molecule is CC(O)C1CCN(CCC(=O)NC2CCCCC2)C1. The summed E-state index contributed by atoms with van der Waals surface area (Å²) < 4.78 is 0. The lowest BCUT2D eigenvalue weighted by molar-refractivity contribution is -0.122. The highest BCUT2D eigenvalue weighted by molar-refractivity contribution is 5.76. The van der Waals surface area contributed by atoms with Crippen LogP contribution in [0, 0.1) is 5.92 Å². The highest BCUT2D eigenvalue weighted by atomic mass is 16.3. The lowest BCUT2D eigenvalue weighted by Gasteiger charge is -2.23. The van der Waals surface area contributed by atoms with Crippen molar-refractivity contribution in [3.8, 4) is 0 Å². The van der Waals surface area contributed by atoms with Crippen molar-refractivity contribution in [3.63, 3.8) is 0 Å². The lowest BCUT2D eigenvalue weighted by atomic mass is 9.95. The van der Waals surface area contributed by atoms with Crippen LogP contribution in [-0.2, 0) is 4.79 Å². The summed E-state index contributed by atoms with van der Waals surface area (Å²) >= 11 is 0. The number of aliphatic hydroxyl groups excluding tert-OH is 1. The van der Waals surface area contributed by atoms with Gasteiger partial charge in [-0.3, -0.25) is 4.79 Å². The third-order valence-electron chi connectivity index (χ3n) is 4.62. The van der Waals surface area contributed by atoms with Gasteiger partial charge in [0.15, 0.2) is 0 Å². The Morgan fingerprint density at radius 1 is 1.32 bits per heavy atom. The summed E-state index contributed by atoms with van der Waals surface area (Å²) in [7, 11) is 0. The molecule has 2 aliphatic rings. The van der Waals surface area contributed by atoms with E-state index in [0.29, 0.717) is 18.4 Å². The molecule has 1 amide bonds. The smallest absolute Gasteiger partial charge is 0.221 e. The summed E-state index contributed by atoms with van der Waals surface area (Å²) in [4.78, 5) is 14.2. The Morgan fingerprint density at radius 3 is 2.68 bits per heavy atom. The minimum atomic E-state index is -0.221. The molecule has 1 saturated heterocycles. The molecular weight excluding hydrogens is 240 g/mol. The van der Waals surface area contributed by atoms with Gasteiger partial charge in [0.25, 0.3) is 0 Å². The molecular formula is C15H28N2O2. The normalized spacial score (nSPS) is 27.4. The molecule has 2 N–H and O–H groups in total. The van der Waals surface area contributed by atoms with E-state index in [1.54, 1.807) is 0 Å². The van der Waals surface area contributed by atoms with Crippen LogP contribution >= 0.6 is 0 Å². The zero-order valence-corrected chi connectivity index (χ0v) is 12.1. The maximum absolute atomic E-state index is 11.9. The molecule has 1 heterocycles. The molecule has 19 heavy (non-hydrogen) atoms. The molecule has 0 bridgehead atoms. The van der Waals surface area contributed by atoms with Crippen LogP contribution in [0.1, 0.15) is 51.9 Å². The Bertz CT molecular complexity index is 288. The second-order valence-corrected chi connectivity index (χ2v) is 6.24. The van der Waals surface area contributed by atoms with Gasteiger partial charge < -0.3 is 15.3 Å². The number of aliphatic hydroxyl groups is 1. The quantitative estimate of drug-likeness (QED) is 0.795. The summed E-state index contributed by atoms with van der Waals surface area (Å²) in [5, 5.41) is 12.7. The van der Waals surface area contributed by atoms with Crippen LogP contribution in [0.4, 0.5) is 0 Å². The van der Waals surface area contributed by atoms with Gasteiger partial charge in [0.05, 0.1) is 6.10 Å².